The number of likely N-dealkylation sites (tertiary alicyclic amines) is 1. The molecule has 0 radical (unpaired) electrons. The van der Waals surface area contributed by atoms with Crippen molar-refractivity contribution in [1.82, 2.24) is 15.5 Å². The van der Waals surface area contributed by atoms with Crippen LogP contribution in [0.4, 0.5) is 0 Å². The highest BCUT2D eigenvalue weighted by atomic mass is 16.5. The minimum atomic E-state index is -0.331. The molecule has 0 aromatic heterocycles. The second kappa shape index (κ2) is 5.69. The first-order valence-electron chi connectivity index (χ1n) is 7.25. The summed E-state index contributed by atoms with van der Waals surface area (Å²) < 4.78 is 5.47. The number of carbonyl (C=O) groups excluding carboxylic acids is 2. The van der Waals surface area contributed by atoms with E-state index in [9.17, 15) is 9.59 Å². The van der Waals surface area contributed by atoms with Crippen molar-refractivity contribution in [2.45, 2.75) is 57.8 Å². The average Bonchev–Trinajstić information content (AvgIpc) is 2.70. The number of hydrogen-bond acceptors (Lipinski definition) is 4. The minimum Gasteiger partial charge on any atom is -0.375 e. The van der Waals surface area contributed by atoms with Crippen molar-refractivity contribution in [2.24, 2.45) is 0 Å². The van der Waals surface area contributed by atoms with Crippen molar-refractivity contribution in [2.75, 3.05) is 19.7 Å². The van der Waals surface area contributed by atoms with Crippen LogP contribution < -0.4 is 10.6 Å². The third kappa shape index (κ3) is 3.30. The van der Waals surface area contributed by atoms with E-state index in [1.807, 2.05) is 32.6 Å². The number of ether oxygens (including phenoxy) is 1. The van der Waals surface area contributed by atoms with Gasteiger partial charge in [-0.1, -0.05) is 0 Å². The van der Waals surface area contributed by atoms with Gasteiger partial charge in [0.25, 0.3) is 0 Å². The Hall–Kier alpha value is -1.14. The topological polar surface area (TPSA) is 70.7 Å². The van der Waals surface area contributed by atoms with Gasteiger partial charge >= 0.3 is 0 Å². The highest BCUT2D eigenvalue weighted by molar-refractivity contribution is 5.85. The second-order valence-electron chi connectivity index (χ2n) is 6.59. The van der Waals surface area contributed by atoms with Crippen LogP contribution in [-0.4, -0.2) is 60.1 Å². The highest BCUT2D eigenvalue weighted by Crippen LogP contribution is 2.22. The van der Waals surface area contributed by atoms with E-state index in [-0.39, 0.29) is 35.5 Å². The van der Waals surface area contributed by atoms with E-state index in [0.29, 0.717) is 26.1 Å². The molecule has 0 aromatic rings. The maximum atomic E-state index is 12.2. The average molecular weight is 283 g/mol. The van der Waals surface area contributed by atoms with Gasteiger partial charge in [-0.3, -0.25) is 9.59 Å². The van der Waals surface area contributed by atoms with Crippen molar-refractivity contribution < 1.29 is 14.3 Å². The normalized spacial score (nSPS) is 31.5. The van der Waals surface area contributed by atoms with Gasteiger partial charge < -0.3 is 20.3 Å². The molecule has 0 aromatic carbocycles. The standard InChI is InChI=1S/C14H25N3O3/c1-9-12(15-5-6-20-9)13(19)16-10-7-11(18)17(8-10)14(2,3)4/h9-10,12,15H,5-8H2,1-4H3,(H,16,19)/t9-,10?,12+/m1/s1. The van der Waals surface area contributed by atoms with Crippen molar-refractivity contribution >= 4 is 11.8 Å². The molecule has 114 valence electrons. The number of hydrogen-bond donors (Lipinski definition) is 2. The first-order chi connectivity index (χ1) is 9.29. The molecule has 2 saturated heterocycles. The lowest BCUT2D eigenvalue weighted by molar-refractivity contribution is -0.131. The van der Waals surface area contributed by atoms with Gasteiger partial charge in [-0.25, -0.2) is 0 Å². The van der Waals surface area contributed by atoms with Gasteiger partial charge in [0, 0.05) is 25.0 Å². The molecule has 20 heavy (non-hydrogen) atoms. The molecule has 2 rings (SSSR count). The minimum absolute atomic E-state index is 0.0780. The molecule has 0 bridgehead atoms. The SMILES string of the molecule is C[C@H]1OCCN[C@@H]1C(=O)NC1CC(=O)N(C(C)(C)C)C1. The van der Waals surface area contributed by atoms with Gasteiger partial charge in [-0.2, -0.15) is 0 Å². The monoisotopic (exact) mass is 283 g/mol. The summed E-state index contributed by atoms with van der Waals surface area (Å²) in [6.45, 7) is 9.80. The van der Waals surface area contributed by atoms with E-state index in [4.69, 9.17) is 4.74 Å². The Morgan fingerprint density at radius 1 is 1.45 bits per heavy atom. The van der Waals surface area contributed by atoms with Crippen LogP contribution in [0.1, 0.15) is 34.1 Å². The van der Waals surface area contributed by atoms with Gasteiger partial charge in [0.15, 0.2) is 0 Å². The van der Waals surface area contributed by atoms with Crippen molar-refractivity contribution in [1.29, 1.82) is 0 Å². The first-order valence-corrected chi connectivity index (χ1v) is 7.25. The van der Waals surface area contributed by atoms with Gasteiger partial charge in [0.2, 0.25) is 11.8 Å². The lowest BCUT2D eigenvalue weighted by atomic mass is 10.1. The predicted octanol–water partition coefficient (Wildman–Crippen LogP) is -0.121. The molecule has 6 nitrogen and oxygen atoms in total. The fourth-order valence-electron chi connectivity index (χ4n) is 2.77. The lowest BCUT2D eigenvalue weighted by Gasteiger charge is -2.32. The molecule has 0 saturated carbocycles. The van der Waals surface area contributed by atoms with E-state index in [1.54, 1.807) is 0 Å². The molecule has 0 aliphatic carbocycles. The summed E-state index contributed by atoms with van der Waals surface area (Å²) >= 11 is 0. The van der Waals surface area contributed by atoms with E-state index in [0.717, 1.165) is 0 Å². The van der Waals surface area contributed by atoms with Gasteiger partial charge in [-0.15, -0.1) is 0 Å². The lowest BCUT2D eigenvalue weighted by Crippen LogP contribution is -2.57. The molecule has 1 unspecified atom stereocenters. The van der Waals surface area contributed by atoms with Crippen LogP contribution in [0.5, 0.6) is 0 Å². The van der Waals surface area contributed by atoms with Gasteiger partial charge in [0.05, 0.1) is 18.8 Å². The summed E-state index contributed by atoms with van der Waals surface area (Å²) in [7, 11) is 0. The maximum absolute atomic E-state index is 12.2. The van der Waals surface area contributed by atoms with Crippen molar-refractivity contribution in [3.63, 3.8) is 0 Å². The molecule has 2 N–H and O–H groups in total. The van der Waals surface area contributed by atoms with Crippen LogP contribution in [0, 0.1) is 0 Å². The van der Waals surface area contributed by atoms with Crippen LogP contribution in [0.25, 0.3) is 0 Å². The molecule has 2 amide bonds. The Balaban J connectivity index is 1.91. The second-order valence-corrected chi connectivity index (χ2v) is 6.59. The zero-order chi connectivity index (χ0) is 14.9. The van der Waals surface area contributed by atoms with Crippen LogP contribution in [-0.2, 0) is 14.3 Å². The van der Waals surface area contributed by atoms with E-state index in [1.165, 1.54) is 0 Å². The van der Waals surface area contributed by atoms with Crippen LogP contribution in [0.2, 0.25) is 0 Å². The molecule has 3 atom stereocenters. The Bertz CT molecular complexity index is 392. The van der Waals surface area contributed by atoms with E-state index in [2.05, 4.69) is 10.6 Å². The Labute approximate surface area is 120 Å². The summed E-state index contributed by atoms with van der Waals surface area (Å²) in [4.78, 5) is 26.1. The number of rotatable bonds is 2. The summed E-state index contributed by atoms with van der Waals surface area (Å²) in [6.07, 6.45) is 0.241. The maximum Gasteiger partial charge on any atom is 0.240 e. The van der Waals surface area contributed by atoms with Gasteiger partial charge in [-0.05, 0) is 27.7 Å². The van der Waals surface area contributed by atoms with E-state index >= 15 is 0 Å². The summed E-state index contributed by atoms with van der Waals surface area (Å²) in [5.41, 5.74) is -0.198. The van der Waals surface area contributed by atoms with Crippen LogP contribution in [0.15, 0.2) is 0 Å². The Kier molecular flexibility index (Phi) is 4.34. The summed E-state index contributed by atoms with van der Waals surface area (Å²) in [5.74, 6) is 0.0226. The summed E-state index contributed by atoms with van der Waals surface area (Å²) in [5, 5.41) is 6.13. The molecule has 6 heteroatoms. The smallest absolute Gasteiger partial charge is 0.240 e. The van der Waals surface area contributed by atoms with Crippen LogP contribution >= 0.6 is 0 Å². The zero-order valence-electron chi connectivity index (χ0n) is 12.7. The molecular weight excluding hydrogens is 258 g/mol. The fourth-order valence-corrected chi connectivity index (χ4v) is 2.77. The number of carbonyl (C=O) groups is 2. The van der Waals surface area contributed by atoms with Crippen LogP contribution in [0.3, 0.4) is 0 Å². The number of nitrogens with one attached hydrogen (secondary N) is 2. The molecule has 2 aliphatic heterocycles. The number of morpholine rings is 1. The highest BCUT2D eigenvalue weighted by Gasteiger charge is 2.38. The molecule has 0 spiro atoms. The Morgan fingerprint density at radius 3 is 2.70 bits per heavy atom. The zero-order valence-corrected chi connectivity index (χ0v) is 12.7. The molecule has 2 fully saturated rings. The Morgan fingerprint density at radius 2 is 2.15 bits per heavy atom. The largest absolute Gasteiger partial charge is 0.375 e. The van der Waals surface area contributed by atoms with Gasteiger partial charge in [0.1, 0.15) is 6.04 Å². The predicted molar refractivity (Wildman–Crippen MR) is 75.2 cm³/mol. The van der Waals surface area contributed by atoms with Crippen molar-refractivity contribution in [3.05, 3.63) is 0 Å². The number of nitrogens with zero attached hydrogens (tertiary/aromatic N) is 1. The third-order valence-corrected chi connectivity index (χ3v) is 3.88. The molecule has 2 heterocycles. The fraction of sp³-hybridized carbons (Fsp3) is 0.857. The molecule has 2 aliphatic rings. The first kappa shape index (κ1) is 15.3. The van der Waals surface area contributed by atoms with Crippen molar-refractivity contribution in [3.8, 4) is 0 Å². The number of amides is 2. The third-order valence-electron chi connectivity index (χ3n) is 3.88. The molecular formula is C14H25N3O3. The van der Waals surface area contributed by atoms with E-state index < -0.39 is 0 Å². The quantitative estimate of drug-likeness (QED) is 0.741. The summed E-state index contributed by atoms with van der Waals surface area (Å²) in [6, 6.07) is -0.437.